The highest BCUT2D eigenvalue weighted by Gasteiger charge is 2.16. The lowest BCUT2D eigenvalue weighted by atomic mass is 10.1. The molecule has 19 heavy (non-hydrogen) atoms. The third-order valence-electron chi connectivity index (χ3n) is 2.94. The standard InChI is InChI=1S/C13H15N3O3/c14-7-10-6-9-2-1-3-11(9)16-13(10)15-4-5-19-8-12(17)18/h6H,1-5,8H2,(H,15,16)(H,17,18). The van der Waals surface area contributed by atoms with E-state index in [0.717, 1.165) is 30.5 Å². The van der Waals surface area contributed by atoms with Crippen molar-refractivity contribution in [1.29, 1.82) is 5.26 Å². The number of carbonyl (C=O) groups is 1. The van der Waals surface area contributed by atoms with Crippen LogP contribution in [0.5, 0.6) is 0 Å². The van der Waals surface area contributed by atoms with Gasteiger partial charge < -0.3 is 15.2 Å². The number of hydrogen-bond donors (Lipinski definition) is 2. The number of nitriles is 1. The molecule has 0 fully saturated rings. The second-order valence-electron chi connectivity index (χ2n) is 4.33. The molecule has 1 aliphatic carbocycles. The number of carboxylic acids is 1. The van der Waals surface area contributed by atoms with Crippen LogP contribution in [-0.4, -0.2) is 35.8 Å². The summed E-state index contributed by atoms with van der Waals surface area (Å²) in [6.45, 7) is 0.369. The van der Waals surface area contributed by atoms with Gasteiger partial charge in [-0.2, -0.15) is 5.26 Å². The van der Waals surface area contributed by atoms with Crippen LogP contribution in [0.1, 0.15) is 23.2 Å². The first-order valence-electron chi connectivity index (χ1n) is 6.17. The fourth-order valence-electron chi connectivity index (χ4n) is 2.09. The van der Waals surface area contributed by atoms with Crippen LogP contribution in [0, 0.1) is 11.3 Å². The summed E-state index contributed by atoms with van der Waals surface area (Å²) in [5.74, 6) is -0.435. The molecule has 1 aromatic heterocycles. The second kappa shape index (κ2) is 6.16. The smallest absolute Gasteiger partial charge is 0.329 e. The van der Waals surface area contributed by atoms with Crippen LogP contribution in [0.15, 0.2) is 6.07 Å². The third-order valence-corrected chi connectivity index (χ3v) is 2.94. The monoisotopic (exact) mass is 261 g/mol. The molecule has 2 N–H and O–H groups in total. The molecule has 1 heterocycles. The predicted octanol–water partition coefficient (Wildman–Crippen LogP) is 0.955. The first-order valence-corrected chi connectivity index (χ1v) is 6.17. The minimum Gasteiger partial charge on any atom is -0.480 e. The van der Waals surface area contributed by atoms with Crippen molar-refractivity contribution in [1.82, 2.24) is 4.98 Å². The number of aromatic nitrogens is 1. The number of ether oxygens (including phenoxy) is 1. The lowest BCUT2D eigenvalue weighted by molar-refractivity contribution is -0.142. The van der Waals surface area contributed by atoms with Crippen LogP contribution in [-0.2, 0) is 22.4 Å². The van der Waals surface area contributed by atoms with E-state index in [0.29, 0.717) is 17.9 Å². The summed E-state index contributed by atoms with van der Waals surface area (Å²) in [5, 5.41) is 20.5. The molecule has 0 aliphatic heterocycles. The fourth-order valence-corrected chi connectivity index (χ4v) is 2.09. The zero-order chi connectivity index (χ0) is 13.7. The van der Waals surface area contributed by atoms with Crippen LogP contribution < -0.4 is 5.32 Å². The molecular weight excluding hydrogens is 246 g/mol. The average Bonchev–Trinajstić information content (AvgIpc) is 2.83. The Balaban J connectivity index is 1.93. The average molecular weight is 261 g/mol. The molecule has 0 spiro atoms. The summed E-state index contributed by atoms with van der Waals surface area (Å²) < 4.78 is 4.91. The maximum Gasteiger partial charge on any atom is 0.329 e. The first-order chi connectivity index (χ1) is 9.20. The number of fused-ring (bicyclic) bond motifs is 1. The number of aryl methyl sites for hydroxylation is 2. The highest BCUT2D eigenvalue weighted by atomic mass is 16.5. The molecule has 0 bridgehead atoms. The van der Waals surface area contributed by atoms with Crippen LogP contribution in [0.4, 0.5) is 5.82 Å². The summed E-state index contributed by atoms with van der Waals surface area (Å²) in [6.07, 6.45) is 3.02. The zero-order valence-corrected chi connectivity index (χ0v) is 10.5. The molecule has 100 valence electrons. The van der Waals surface area contributed by atoms with Gasteiger partial charge in [0.25, 0.3) is 0 Å². The molecule has 0 saturated heterocycles. The SMILES string of the molecule is N#Cc1cc2c(nc1NCCOCC(=O)O)CCC2. The van der Waals surface area contributed by atoms with Gasteiger partial charge in [0.15, 0.2) is 0 Å². The van der Waals surface area contributed by atoms with Crippen LogP contribution in [0.3, 0.4) is 0 Å². The quantitative estimate of drug-likeness (QED) is 0.740. The molecule has 0 saturated carbocycles. The molecule has 0 radical (unpaired) electrons. The van der Waals surface area contributed by atoms with Crippen molar-refractivity contribution < 1.29 is 14.6 Å². The van der Waals surface area contributed by atoms with E-state index in [1.807, 2.05) is 6.07 Å². The maximum atomic E-state index is 10.3. The van der Waals surface area contributed by atoms with E-state index in [1.54, 1.807) is 0 Å². The summed E-state index contributed by atoms with van der Waals surface area (Å²) in [5.41, 5.74) is 2.73. The Morgan fingerprint density at radius 1 is 1.58 bits per heavy atom. The molecule has 0 atom stereocenters. The van der Waals surface area contributed by atoms with Gasteiger partial charge in [-0.1, -0.05) is 0 Å². The van der Waals surface area contributed by atoms with Gasteiger partial charge in [0.05, 0.1) is 12.2 Å². The van der Waals surface area contributed by atoms with Gasteiger partial charge in [-0.15, -0.1) is 0 Å². The lowest BCUT2D eigenvalue weighted by Gasteiger charge is -2.09. The minimum atomic E-state index is -0.992. The topological polar surface area (TPSA) is 95.2 Å². The Labute approximate surface area is 111 Å². The van der Waals surface area contributed by atoms with E-state index in [4.69, 9.17) is 15.1 Å². The van der Waals surface area contributed by atoms with Crippen molar-refractivity contribution in [2.24, 2.45) is 0 Å². The van der Waals surface area contributed by atoms with E-state index >= 15 is 0 Å². The number of nitrogens with zero attached hydrogens (tertiary/aromatic N) is 2. The largest absolute Gasteiger partial charge is 0.480 e. The van der Waals surface area contributed by atoms with Gasteiger partial charge in [0, 0.05) is 12.2 Å². The summed E-state index contributed by atoms with van der Waals surface area (Å²) in [7, 11) is 0. The molecule has 6 heteroatoms. The second-order valence-corrected chi connectivity index (χ2v) is 4.33. The normalized spacial score (nSPS) is 12.8. The van der Waals surface area contributed by atoms with E-state index in [2.05, 4.69) is 16.4 Å². The lowest BCUT2D eigenvalue weighted by Crippen LogP contribution is -2.15. The van der Waals surface area contributed by atoms with Crippen molar-refractivity contribution in [3.05, 3.63) is 22.9 Å². The van der Waals surface area contributed by atoms with Gasteiger partial charge in [0.2, 0.25) is 0 Å². The number of anilines is 1. The molecule has 1 aliphatic rings. The minimum absolute atomic E-state index is 0.260. The molecular formula is C13H15N3O3. The van der Waals surface area contributed by atoms with Crippen LogP contribution in [0.2, 0.25) is 0 Å². The van der Waals surface area contributed by atoms with Crippen molar-refractivity contribution >= 4 is 11.8 Å². The number of aliphatic carboxylic acids is 1. The number of rotatable bonds is 6. The van der Waals surface area contributed by atoms with Gasteiger partial charge in [-0.05, 0) is 30.9 Å². The Hall–Kier alpha value is -2.13. The molecule has 6 nitrogen and oxygen atoms in total. The van der Waals surface area contributed by atoms with E-state index in [1.165, 1.54) is 0 Å². The van der Waals surface area contributed by atoms with E-state index in [-0.39, 0.29) is 13.2 Å². The molecule has 2 rings (SSSR count). The highest BCUT2D eigenvalue weighted by molar-refractivity contribution is 5.68. The first kappa shape index (κ1) is 13.3. The third kappa shape index (κ3) is 3.42. The Morgan fingerprint density at radius 3 is 3.16 bits per heavy atom. The summed E-state index contributed by atoms with van der Waals surface area (Å²) in [4.78, 5) is 14.7. The van der Waals surface area contributed by atoms with Crippen molar-refractivity contribution in [2.45, 2.75) is 19.3 Å². The maximum absolute atomic E-state index is 10.3. The summed E-state index contributed by atoms with van der Waals surface area (Å²) in [6, 6.07) is 4.01. The summed E-state index contributed by atoms with van der Waals surface area (Å²) >= 11 is 0. The van der Waals surface area contributed by atoms with E-state index in [9.17, 15) is 4.79 Å². The van der Waals surface area contributed by atoms with Gasteiger partial charge in [-0.25, -0.2) is 9.78 Å². The molecule has 0 aromatic carbocycles. The van der Waals surface area contributed by atoms with Gasteiger partial charge in [0.1, 0.15) is 18.5 Å². The van der Waals surface area contributed by atoms with Crippen LogP contribution >= 0.6 is 0 Å². The molecule has 0 unspecified atom stereocenters. The van der Waals surface area contributed by atoms with Crippen LogP contribution in [0.25, 0.3) is 0 Å². The fraction of sp³-hybridized carbons (Fsp3) is 0.462. The zero-order valence-electron chi connectivity index (χ0n) is 10.5. The van der Waals surface area contributed by atoms with Gasteiger partial charge >= 0.3 is 5.97 Å². The van der Waals surface area contributed by atoms with E-state index < -0.39 is 5.97 Å². The highest BCUT2D eigenvalue weighted by Crippen LogP contribution is 2.24. The number of hydrogen-bond acceptors (Lipinski definition) is 5. The van der Waals surface area contributed by atoms with Gasteiger partial charge in [-0.3, -0.25) is 0 Å². The predicted molar refractivity (Wildman–Crippen MR) is 67.9 cm³/mol. The Morgan fingerprint density at radius 2 is 2.42 bits per heavy atom. The van der Waals surface area contributed by atoms with Crippen molar-refractivity contribution in [3.8, 4) is 6.07 Å². The van der Waals surface area contributed by atoms with Crippen molar-refractivity contribution in [3.63, 3.8) is 0 Å². The van der Waals surface area contributed by atoms with Crippen molar-refractivity contribution in [2.75, 3.05) is 25.1 Å². The number of nitrogens with one attached hydrogen (secondary N) is 1. The Kier molecular flexibility index (Phi) is 4.31. The molecule has 1 aromatic rings. The molecule has 0 amide bonds. The number of carboxylic acid groups (broad SMARTS) is 1. The number of pyridine rings is 1. The Bertz CT molecular complexity index is 523.